The zero-order valence-electron chi connectivity index (χ0n) is 13.8. The third kappa shape index (κ3) is 19.9. The molecule has 0 atom stereocenters. The second-order valence-electron chi connectivity index (χ2n) is 5.81. The van der Waals surface area contributed by atoms with Gasteiger partial charge in [-0.15, -0.1) is 0 Å². The van der Waals surface area contributed by atoms with Crippen LogP contribution in [0.5, 0.6) is 0 Å². The molecule has 20 heavy (non-hydrogen) atoms. The zero-order valence-corrected chi connectivity index (χ0v) is 13.8. The molecule has 0 aliphatic rings. The third-order valence-electron chi connectivity index (χ3n) is 3.86. The summed E-state index contributed by atoms with van der Waals surface area (Å²) in [5, 5.41) is 0. The summed E-state index contributed by atoms with van der Waals surface area (Å²) in [7, 11) is 0. The lowest BCUT2D eigenvalue weighted by Gasteiger charge is -2.02. The Bertz CT molecular complexity index is 175. The SMILES string of the molecule is CCCCCCCCCCCCCCCCC=CN.[C]. The summed E-state index contributed by atoms with van der Waals surface area (Å²) in [5.41, 5.74) is 5.30. The molecule has 0 aromatic carbocycles. The Kier molecular flexibility index (Phi) is 22.8. The van der Waals surface area contributed by atoms with Crippen LogP contribution in [0.3, 0.4) is 0 Å². The first kappa shape index (κ1) is 21.8. The third-order valence-corrected chi connectivity index (χ3v) is 3.86. The van der Waals surface area contributed by atoms with Crippen LogP contribution in [0.2, 0.25) is 0 Å². The van der Waals surface area contributed by atoms with Gasteiger partial charge in [-0.2, -0.15) is 0 Å². The molecule has 0 heterocycles. The van der Waals surface area contributed by atoms with E-state index in [1.54, 1.807) is 6.20 Å². The molecule has 0 saturated heterocycles. The van der Waals surface area contributed by atoms with Gasteiger partial charge in [-0.3, -0.25) is 0 Å². The number of hydrogen-bond acceptors (Lipinski definition) is 1. The van der Waals surface area contributed by atoms with Gasteiger partial charge in [0.15, 0.2) is 0 Å². The molecule has 0 saturated carbocycles. The number of unbranched alkanes of at least 4 members (excludes halogenated alkanes) is 14. The molecule has 0 rings (SSSR count). The fourth-order valence-electron chi connectivity index (χ4n) is 2.55. The van der Waals surface area contributed by atoms with E-state index in [2.05, 4.69) is 13.0 Å². The van der Waals surface area contributed by atoms with Crippen molar-refractivity contribution in [1.29, 1.82) is 0 Å². The molecule has 0 amide bonds. The van der Waals surface area contributed by atoms with Gasteiger partial charge in [-0.05, 0) is 19.0 Å². The highest BCUT2D eigenvalue weighted by molar-refractivity contribution is 4.74. The molecule has 4 radical (unpaired) electrons. The average Bonchev–Trinajstić information content (AvgIpc) is 2.43. The van der Waals surface area contributed by atoms with Gasteiger partial charge in [-0.25, -0.2) is 0 Å². The van der Waals surface area contributed by atoms with Gasteiger partial charge in [0, 0.05) is 7.43 Å². The molecule has 0 spiro atoms. The first-order valence-corrected chi connectivity index (χ1v) is 8.78. The fraction of sp³-hybridized carbons (Fsp3) is 0.842. The molecule has 2 N–H and O–H groups in total. The van der Waals surface area contributed by atoms with Crippen molar-refractivity contribution >= 4 is 0 Å². The summed E-state index contributed by atoms with van der Waals surface area (Å²) in [6, 6.07) is 0. The van der Waals surface area contributed by atoms with Crippen LogP contribution in [-0.4, -0.2) is 0 Å². The van der Waals surface area contributed by atoms with Gasteiger partial charge in [0.1, 0.15) is 0 Å². The zero-order chi connectivity index (χ0) is 14.0. The second-order valence-corrected chi connectivity index (χ2v) is 5.81. The van der Waals surface area contributed by atoms with E-state index in [1.165, 1.54) is 89.9 Å². The smallest absolute Gasteiger partial charge is 0 e. The summed E-state index contributed by atoms with van der Waals surface area (Å²) in [4.78, 5) is 0. The van der Waals surface area contributed by atoms with E-state index < -0.39 is 0 Å². The minimum absolute atomic E-state index is 0. The maximum absolute atomic E-state index is 5.30. The van der Waals surface area contributed by atoms with Gasteiger partial charge >= 0.3 is 0 Å². The maximum atomic E-state index is 5.30. The van der Waals surface area contributed by atoms with Crippen molar-refractivity contribution in [1.82, 2.24) is 0 Å². The molecule has 0 aliphatic carbocycles. The van der Waals surface area contributed by atoms with Crippen LogP contribution in [0.15, 0.2) is 12.3 Å². The molecule has 0 fully saturated rings. The molecule has 0 aromatic heterocycles. The second kappa shape index (κ2) is 20.8. The highest BCUT2D eigenvalue weighted by Gasteiger charge is 1.93. The molecular formula is C19H37N. The van der Waals surface area contributed by atoms with E-state index >= 15 is 0 Å². The van der Waals surface area contributed by atoms with Crippen LogP contribution in [0.1, 0.15) is 103 Å². The van der Waals surface area contributed by atoms with Gasteiger partial charge < -0.3 is 5.73 Å². The van der Waals surface area contributed by atoms with Gasteiger partial charge in [0.05, 0.1) is 0 Å². The highest BCUT2D eigenvalue weighted by Crippen LogP contribution is 2.13. The number of rotatable bonds is 15. The van der Waals surface area contributed by atoms with Crippen LogP contribution in [0, 0.1) is 7.43 Å². The highest BCUT2D eigenvalue weighted by atomic mass is 14.5. The first-order valence-electron chi connectivity index (χ1n) is 8.78. The van der Waals surface area contributed by atoms with Crippen LogP contribution in [0.25, 0.3) is 0 Å². The molecule has 0 aromatic rings. The van der Waals surface area contributed by atoms with Crippen LogP contribution >= 0.6 is 0 Å². The van der Waals surface area contributed by atoms with E-state index in [9.17, 15) is 0 Å². The van der Waals surface area contributed by atoms with E-state index in [1.807, 2.05) is 0 Å². The number of allylic oxidation sites excluding steroid dienone is 1. The summed E-state index contributed by atoms with van der Waals surface area (Å²) < 4.78 is 0. The Hall–Kier alpha value is -0.460. The Labute approximate surface area is 129 Å². The van der Waals surface area contributed by atoms with Gasteiger partial charge in [0.25, 0.3) is 0 Å². The average molecular weight is 280 g/mol. The Balaban J connectivity index is 0. The van der Waals surface area contributed by atoms with E-state index in [4.69, 9.17) is 5.73 Å². The van der Waals surface area contributed by atoms with E-state index in [0.29, 0.717) is 0 Å². The van der Waals surface area contributed by atoms with E-state index in [0.717, 1.165) is 6.42 Å². The minimum atomic E-state index is 0. The molecule has 1 nitrogen and oxygen atoms in total. The lowest BCUT2D eigenvalue weighted by atomic mass is 10.0. The number of hydrogen-bond donors (Lipinski definition) is 1. The van der Waals surface area contributed by atoms with E-state index in [-0.39, 0.29) is 7.43 Å². The van der Waals surface area contributed by atoms with Crippen molar-refractivity contribution in [3.05, 3.63) is 19.7 Å². The largest absolute Gasteiger partial charge is 0.405 e. The van der Waals surface area contributed by atoms with Crippen molar-refractivity contribution < 1.29 is 0 Å². The van der Waals surface area contributed by atoms with Crippen LogP contribution in [-0.2, 0) is 0 Å². The summed E-state index contributed by atoms with van der Waals surface area (Å²) in [6.45, 7) is 2.29. The molecule has 0 aliphatic heterocycles. The molecule has 0 unspecified atom stereocenters. The molecule has 118 valence electrons. The lowest BCUT2D eigenvalue weighted by Crippen LogP contribution is -1.83. The number of nitrogens with two attached hydrogens (primary N) is 1. The van der Waals surface area contributed by atoms with Crippen molar-refractivity contribution in [2.75, 3.05) is 0 Å². The van der Waals surface area contributed by atoms with Crippen molar-refractivity contribution in [2.45, 2.75) is 103 Å². The predicted molar refractivity (Wildman–Crippen MR) is 91.5 cm³/mol. The Morgan fingerprint density at radius 3 is 1.30 bits per heavy atom. The van der Waals surface area contributed by atoms with Crippen molar-refractivity contribution in [3.8, 4) is 0 Å². The maximum Gasteiger partial charge on any atom is 0 e. The molecular weight excluding hydrogens is 242 g/mol. The lowest BCUT2D eigenvalue weighted by molar-refractivity contribution is 0.536. The monoisotopic (exact) mass is 279 g/mol. The normalized spacial score (nSPS) is 10.8. The summed E-state index contributed by atoms with van der Waals surface area (Å²) in [6.07, 6.45) is 24.9. The molecule has 0 bridgehead atoms. The first-order chi connectivity index (χ1) is 9.41. The topological polar surface area (TPSA) is 26.0 Å². The standard InChI is InChI=1S/C18H37N.C/c1-2-3-4-5-6-7-8-9-10-11-12-13-14-15-16-17-18-19;/h17-18H,2-16,19H2,1H3;. The summed E-state index contributed by atoms with van der Waals surface area (Å²) in [5.74, 6) is 0. The van der Waals surface area contributed by atoms with Gasteiger partial charge in [0.2, 0.25) is 0 Å². The van der Waals surface area contributed by atoms with Crippen molar-refractivity contribution in [3.63, 3.8) is 0 Å². The van der Waals surface area contributed by atoms with Crippen molar-refractivity contribution in [2.24, 2.45) is 5.73 Å². The fourth-order valence-corrected chi connectivity index (χ4v) is 2.55. The quantitative estimate of drug-likeness (QED) is 0.344. The Morgan fingerprint density at radius 2 is 0.950 bits per heavy atom. The van der Waals surface area contributed by atoms with Crippen LogP contribution in [0.4, 0.5) is 0 Å². The molecule has 1 heteroatoms. The van der Waals surface area contributed by atoms with Gasteiger partial charge in [-0.1, -0.05) is 96.5 Å². The predicted octanol–water partition coefficient (Wildman–Crippen LogP) is 6.41. The van der Waals surface area contributed by atoms with Crippen LogP contribution < -0.4 is 5.73 Å². The summed E-state index contributed by atoms with van der Waals surface area (Å²) >= 11 is 0. The minimum Gasteiger partial charge on any atom is -0.405 e. The Morgan fingerprint density at radius 1 is 0.600 bits per heavy atom.